The van der Waals surface area contributed by atoms with Gasteiger partial charge in [0.15, 0.2) is 0 Å². The Labute approximate surface area is 222 Å². The number of methoxy groups -OCH3 is 1. The molecule has 36 heavy (non-hydrogen) atoms. The summed E-state index contributed by atoms with van der Waals surface area (Å²) in [5.74, 6) is 1.87. The number of rotatable bonds is 7. The van der Waals surface area contributed by atoms with Crippen LogP contribution in [-0.4, -0.2) is 27.8 Å². The van der Waals surface area contributed by atoms with Gasteiger partial charge in [0.2, 0.25) is 11.1 Å². The predicted molar refractivity (Wildman–Crippen MR) is 146 cm³/mol. The van der Waals surface area contributed by atoms with Crippen LogP contribution in [0.3, 0.4) is 0 Å². The Hall–Kier alpha value is -3.56. The molecular formula is C27H24BrN5O2S. The maximum absolute atomic E-state index is 13.6. The number of thioether (sulfide) groups is 1. The second kappa shape index (κ2) is 10.6. The zero-order valence-corrected chi connectivity index (χ0v) is 22.1. The average molecular weight is 562 g/mol. The summed E-state index contributed by atoms with van der Waals surface area (Å²) in [6.45, 7) is 1.89. The van der Waals surface area contributed by atoms with Crippen molar-refractivity contribution in [2.24, 2.45) is 0 Å². The van der Waals surface area contributed by atoms with Gasteiger partial charge in [0.1, 0.15) is 11.8 Å². The van der Waals surface area contributed by atoms with Crippen LogP contribution < -0.4 is 15.4 Å². The van der Waals surface area contributed by atoms with E-state index in [-0.39, 0.29) is 5.91 Å². The van der Waals surface area contributed by atoms with E-state index in [2.05, 4.69) is 38.7 Å². The van der Waals surface area contributed by atoms with Crippen molar-refractivity contribution in [3.8, 4) is 5.75 Å². The zero-order chi connectivity index (χ0) is 25.1. The molecule has 4 aromatic rings. The summed E-state index contributed by atoms with van der Waals surface area (Å²) in [6.07, 6.45) is 0. The minimum atomic E-state index is -0.449. The number of fused-ring (bicyclic) bond motifs is 1. The van der Waals surface area contributed by atoms with Crippen molar-refractivity contribution in [3.63, 3.8) is 0 Å². The summed E-state index contributed by atoms with van der Waals surface area (Å²) in [4.78, 5) is 18.3. The van der Waals surface area contributed by atoms with Gasteiger partial charge in [-0.3, -0.25) is 4.79 Å². The minimum absolute atomic E-state index is 0.213. The average Bonchev–Trinajstić information content (AvgIpc) is 3.30. The van der Waals surface area contributed by atoms with E-state index in [1.165, 1.54) is 5.56 Å². The lowest BCUT2D eigenvalue weighted by Crippen LogP contribution is -2.31. The standard InChI is InChI=1S/C27H24BrN5O2S/c1-17-23(25(34)30-21-11-13-22(35-2)14-12-21)24(19-9-6-10-20(28)15-19)33-26(29-17)31-27(32-33)36-16-18-7-4-3-5-8-18/h3-15,24H,16H2,1-2H3,(H,30,34)(H,29,31,32)/t24-/m0/s1. The van der Waals surface area contributed by atoms with Crippen molar-refractivity contribution in [1.29, 1.82) is 0 Å². The predicted octanol–water partition coefficient (Wildman–Crippen LogP) is 6.27. The molecule has 0 fully saturated rings. The first-order valence-corrected chi connectivity index (χ1v) is 13.1. The molecule has 5 rings (SSSR count). The summed E-state index contributed by atoms with van der Waals surface area (Å²) in [7, 11) is 1.61. The number of allylic oxidation sites excluding steroid dienone is 1. The van der Waals surface area contributed by atoms with Gasteiger partial charge in [0.25, 0.3) is 5.91 Å². The van der Waals surface area contributed by atoms with Gasteiger partial charge in [-0.25, -0.2) is 4.68 Å². The zero-order valence-electron chi connectivity index (χ0n) is 19.7. The molecule has 0 spiro atoms. The fraction of sp³-hybridized carbons (Fsp3) is 0.148. The molecule has 1 aliphatic heterocycles. The number of anilines is 2. The van der Waals surface area contributed by atoms with Gasteiger partial charge in [-0.05, 0) is 54.4 Å². The van der Waals surface area contributed by atoms with Crippen molar-refractivity contribution >= 4 is 45.2 Å². The molecule has 1 aliphatic rings. The molecule has 1 aromatic heterocycles. The van der Waals surface area contributed by atoms with E-state index in [1.807, 2.05) is 73.7 Å². The third kappa shape index (κ3) is 5.17. The molecule has 0 unspecified atom stereocenters. The number of carbonyl (C=O) groups is 1. The largest absolute Gasteiger partial charge is 0.497 e. The number of halogens is 1. The van der Waals surface area contributed by atoms with Gasteiger partial charge in [-0.1, -0.05) is 70.2 Å². The molecule has 0 saturated carbocycles. The van der Waals surface area contributed by atoms with E-state index in [0.717, 1.165) is 27.2 Å². The molecule has 9 heteroatoms. The summed E-state index contributed by atoms with van der Waals surface area (Å²) in [5.41, 5.74) is 4.10. The summed E-state index contributed by atoms with van der Waals surface area (Å²) in [6, 6.07) is 24.9. The van der Waals surface area contributed by atoms with Crippen molar-refractivity contribution in [3.05, 3.63) is 106 Å². The summed E-state index contributed by atoms with van der Waals surface area (Å²) < 4.78 is 7.95. The van der Waals surface area contributed by atoms with E-state index < -0.39 is 6.04 Å². The van der Waals surface area contributed by atoms with E-state index in [1.54, 1.807) is 23.6 Å². The number of benzene rings is 3. The van der Waals surface area contributed by atoms with Crippen LogP contribution in [-0.2, 0) is 10.5 Å². The number of nitrogens with zero attached hydrogens (tertiary/aromatic N) is 3. The first-order valence-electron chi connectivity index (χ1n) is 11.3. The minimum Gasteiger partial charge on any atom is -0.497 e. The number of carbonyl (C=O) groups excluding carboxylic acids is 1. The van der Waals surface area contributed by atoms with Crippen LogP contribution in [0.4, 0.5) is 11.6 Å². The third-order valence-electron chi connectivity index (χ3n) is 5.80. The lowest BCUT2D eigenvalue weighted by Gasteiger charge is -2.28. The van der Waals surface area contributed by atoms with Gasteiger partial charge in [-0.15, -0.1) is 5.10 Å². The van der Waals surface area contributed by atoms with Gasteiger partial charge < -0.3 is 15.4 Å². The number of hydrogen-bond donors (Lipinski definition) is 2. The number of ether oxygens (including phenoxy) is 1. The van der Waals surface area contributed by atoms with Gasteiger partial charge >= 0.3 is 0 Å². The number of hydrogen-bond acceptors (Lipinski definition) is 6. The van der Waals surface area contributed by atoms with E-state index in [4.69, 9.17) is 14.8 Å². The lowest BCUT2D eigenvalue weighted by atomic mass is 9.95. The Morgan fingerprint density at radius 2 is 1.89 bits per heavy atom. The quantitative estimate of drug-likeness (QED) is 0.259. The first-order chi connectivity index (χ1) is 17.5. The molecule has 1 amide bonds. The molecular weight excluding hydrogens is 538 g/mol. The molecule has 2 N–H and O–H groups in total. The molecule has 3 aromatic carbocycles. The van der Waals surface area contributed by atoms with Gasteiger partial charge in [0, 0.05) is 21.6 Å². The highest BCUT2D eigenvalue weighted by Gasteiger charge is 2.34. The lowest BCUT2D eigenvalue weighted by molar-refractivity contribution is -0.113. The van der Waals surface area contributed by atoms with Crippen LogP contribution in [0.5, 0.6) is 5.75 Å². The van der Waals surface area contributed by atoms with Crippen molar-refractivity contribution in [2.75, 3.05) is 17.7 Å². The van der Waals surface area contributed by atoms with Gasteiger partial charge in [-0.2, -0.15) is 4.98 Å². The smallest absolute Gasteiger partial charge is 0.255 e. The molecule has 182 valence electrons. The van der Waals surface area contributed by atoms with Crippen molar-refractivity contribution in [1.82, 2.24) is 14.8 Å². The monoisotopic (exact) mass is 561 g/mol. The third-order valence-corrected chi connectivity index (χ3v) is 7.20. The first kappa shape index (κ1) is 24.1. The van der Waals surface area contributed by atoms with Crippen LogP contribution in [0, 0.1) is 0 Å². The summed E-state index contributed by atoms with van der Waals surface area (Å²) >= 11 is 5.13. The maximum Gasteiger partial charge on any atom is 0.255 e. The molecule has 2 heterocycles. The fourth-order valence-corrected chi connectivity index (χ4v) is 5.27. The Morgan fingerprint density at radius 1 is 1.11 bits per heavy atom. The van der Waals surface area contributed by atoms with Gasteiger partial charge in [0.05, 0.1) is 12.7 Å². The van der Waals surface area contributed by atoms with E-state index >= 15 is 0 Å². The highest BCUT2D eigenvalue weighted by atomic mass is 79.9. The normalized spacial score (nSPS) is 14.7. The molecule has 7 nitrogen and oxygen atoms in total. The Kier molecular flexibility index (Phi) is 7.11. The highest BCUT2D eigenvalue weighted by Crippen LogP contribution is 2.37. The maximum atomic E-state index is 13.6. The molecule has 0 saturated heterocycles. The van der Waals surface area contributed by atoms with Crippen molar-refractivity contribution in [2.45, 2.75) is 23.9 Å². The van der Waals surface area contributed by atoms with E-state index in [0.29, 0.717) is 22.4 Å². The second-order valence-electron chi connectivity index (χ2n) is 8.24. The van der Waals surface area contributed by atoms with Crippen LogP contribution >= 0.6 is 27.7 Å². The molecule has 0 aliphatic carbocycles. The second-order valence-corrected chi connectivity index (χ2v) is 10.1. The molecule has 1 atom stereocenters. The number of nitrogens with one attached hydrogen (secondary N) is 2. The van der Waals surface area contributed by atoms with E-state index in [9.17, 15) is 4.79 Å². The Balaban J connectivity index is 1.48. The highest BCUT2D eigenvalue weighted by molar-refractivity contribution is 9.10. The molecule has 0 bridgehead atoms. The van der Waals surface area contributed by atoms with Crippen LogP contribution in [0.15, 0.2) is 99.8 Å². The van der Waals surface area contributed by atoms with Crippen molar-refractivity contribution < 1.29 is 9.53 Å². The molecule has 0 radical (unpaired) electrons. The SMILES string of the molecule is COc1ccc(NC(=O)C2=C(C)Nc3nc(SCc4ccccc4)nn3[C@H]2c2cccc(Br)c2)cc1. The Morgan fingerprint density at radius 3 is 2.61 bits per heavy atom. The van der Waals surface area contributed by atoms with Crippen LogP contribution in [0.1, 0.15) is 24.1 Å². The number of amides is 1. The van der Waals surface area contributed by atoms with Crippen LogP contribution in [0.25, 0.3) is 0 Å². The fourth-order valence-electron chi connectivity index (χ4n) is 4.07. The summed E-state index contributed by atoms with van der Waals surface area (Å²) in [5, 5.41) is 11.8. The Bertz CT molecular complexity index is 1420. The topological polar surface area (TPSA) is 81.1 Å². The number of aromatic nitrogens is 3. The van der Waals surface area contributed by atoms with Crippen LogP contribution in [0.2, 0.25) is 0 Å².